The highest BCUT2D eigenvalue weighted by Gasteiger charge is 2.16. The first-order valence-corrected chi connectivity index (χ1v) is 7.58. The highest BCUT2D eigenvalue weighted by molar-refractivity contribution is 7.99. The van der Waals surface area contributed by atoms with Gasteiger partial charge in [-0.15, -0.1) is 0 Å². The largest absolute Gasteiger partial charge is 0.378 e. The van der Waals surface area contributed by atoms with Crippen LogP contribution in [0, 0.1) is 0 Å². The standard InChI is InChI=1S/C14H14ClN3OS/c15-11-1-3-12(4-2-11)20-13-9-16-10-17-14(13)18-5-7-19-8-6-18/h1-4,9-10H,5-8H2. The fourth-order valence-corrected chi connectivity index (χ4v) is 3.06. The van der Waals surface area contributed by atoms with Crippen molar-refractivity contribution in [2.45, 2.75) is 9.79 Å². The molecule has 2 heterocycles. The zero-order valence-corrected chi connectivity index (χ0v) is 12.4. The third-order valence-electron chi connectivity index (χ3n) is 3.01. The Morgan fingerprint density at radius 1 is 1.15 bits per heavy atom. The number of morpholine rings is 1. The maximum absolute atomic E-state index is 5.91. The van der Waals surface area contributed by atoms with Crippen LogP contribution in [0.2, 0.25) is 5.02 Å². The molecule has 0 amide bonds. The van der Waals surface area contributed by atoms with Crippen molar-refractivity contribution >= 4 is 29.2 Å². The summed E-state index contributed by atoms with van der Waals surface area (Å²) >= 11 is 7.56. The Hall–Kier alpha value is -1.30. The van der Waals surface area contributed by atoms with Gasteiger partial charge in [0.25, 0.3) is 0 Å². The summed E-state index contributed by atoms with van der Waals surface area (Å²) in [5.41, 5.74) is 0. The Labute approximate surface area is 127 Å². The van der Waals surface area contributed by atoms with Crippen molar-refractivity contribution in [3.8, 4) is 0 Å². The number of hydrogen-bond acceptors (Lipinski definition) is 5. The maximum Gasteiger partial charge on any atom is 0.146 e. The Kier molecular flexibility index (Phi) is 4.40. The predicted octanol–water partition coefficient (Wildman–Crippen LogP) is 3.12. The molecule has 0 radical (unpaired) electrons. The fourth-order valence-electron chi connectivity index (χ4n) is 2.02. The van der Waals surface area contributed by atoms with Crippen molar-refractivity contribution in [3.63, 3.8) is 0 Å². The number of aromatic nitrogens is 2. The van der Waals surface area contributed by atoms with E-state index < -0.39 is 0 Å². The third-order valence-corrected chi connectivity index (χ3v) is 4.28. The summed E-state index contributed by atoms with van der Waals surface area (Å²) in [7, 11) is 0. The summed E-state index contributed by atoms with van der Waals surface area (Å²) in [5.74, 6) is 0.975. The molecular formula is C14H14ClN3OS. The van der Waals surface area contributed by atoms with Gasteiger partial charge >= 0.3 is 0 Å². The molecule has 0 atom stereocenters. The lowest BCUT2D eigenvalue weighted by molar-refractivity contribution is 0.122. The van der Waals surface area contributed by atoms with Crippen LogP contribution >= 0.6 is 23.4 Å². The van der Waals surface area contributed by atoms with Crippen LogP contribution in [0.4, 0.5) is 5.82 Å². The molecule has 0 saturated carbocycles. The van der Waals surface area contributed by atoms with Gasteiger partial charge in [-0.2, -0.15) is 0 Å². The molecule has 1 aliphatic rings. The number of halogens is 1. The summed E-state index contributed by atoms with van der Waals surface area (Å²) in [6.07, 6.45) is 3.45. The Morgan fingerprint density at radius 3 is 2.65 bits per heavy atom. The molecule has 1 aromatic carbocycles. The molecule has 1 aromatic heterocycles. The van der Waals surface area contributed by atoms with E-state index in [9.17, 15) is 0 Å². The van der Waals surface area contributed by atoms with Gasteiger partial charge in [-0.05, 0) is 24.3 Å². The Balaban J connectivity index is 1.83. The number of anilines is 1. The van der Waals surface area contributed by atoms with Crippen LogP contribution in [0.25, 0.3) is 0 Å². The fraction of sp³-hybridized carbons (Fsp3) is 0.286. The molecule has 1 aliphatic heterocycles. The molecular weight excluding hydrogens is 294 g/mol. The number of rotatable bonds is 3. The first-order chi connectivity index (χ1) is 9.83. The monoisotopic (exact) mass is 307 g/mol. The van der Waals surface area contributed by atoms with E-state index in [0.717, 1.165) is 46.9 Å². The minimum Gasteiger partial charge on any atom is -0.378 e. The number of hydrogen-bond donors (Lipinski definition) is 0. The summed E-state index contributed by atoms with van der Waals surface area (Å²) in [6.45, 7) is 3.22. The lowest BCUT2D eigenvalue weighted by Crippen LogP contribution is -2.37. The molecule has 0 N–H and O–H groups in total. The average molecular weight is 308 g/mol. The minimum atomic E-state index is 0.743. The van der Waals surface area contributed by atoms with Gasteiger partial charge in [-0.1, -0.05) is 23.4 Å². The van der Waals surface area contributed by atoms with Crippen molar-refractivity contribution in [2.75, 3.05) is 31.2 Å². The summed E-state index contributed by atoms with van der Waals surface area (Å²) in [5, 5.41) is 0.743. The first kappa shape index (κ1) is 13.7. The average Bonchev–Trinajstić information content (AvgIpc) is 2.51. The molecule has 0 aliphatic carbocycles. The van der Waals surface area contributed by atoms with Gasteiger partial charge in [0.15, 0.2) is 0 Å². The summed E-state index contributed by atoms with van der Waals surface area (Å²) in [4.78, 5) is 13.0. The van der Waals surface area contributed by atoms with E-state index >= 15 is 0 Å². The van der Waals surface area contributed by atoms with Gasteiger partial charge in [-0.3, -0.25) is 0 Å². The van der Waals surface area contributed by atoms with Gasteiger partial charge in [0.1, 0.15) is 12.1 Å². The van der Waals surface area contributed by atoms with Crippen LogP contribution < -0.4 is 4.90 Å². The quantitative estimate of drug-likeness (QED) is 0.871. The van der Waals surface area contributed by atoms with Gasteiger partial charge in [-0.25, -0.2) is 9.97 Å². The molecule has 4 nitrogen and oxygen atoms in total. The smallest absolute Gasteiger partial charge is 0.146 e. The Bertz CT molecular complexity index is 573. The molecule has 1 saturated heterocycles. The summed E-state index contributed by atoms with van der Waals surface area (Å²) < 4.78 is 5.39. The molecule has 0 bridgehead atoms. The molecule has 104 valence electrons. The Morgan fingerprint density at radius 2 is 1.90 bits per heavy atom. The van der Waals surface area contributed by atoms with Crippen molar-refractivity contribution in [1.82, 2.24) is 9.97 Å². The molecule has 0 spiro atoms. The molecule has 20 heavy (non-hydrogen) atoms. The van der Waals surface area contributed by atoms with Crippen molar-refractivity contribution in [1.29, 1.82) is 0 Å². The van der Waals surface area contributed by atoms with Crippen LogP contribution in [0.15, 0.2) is 46.6 Å². The second kappa shape index (κ2) is 6.43. The molecule has 1 fully saturated rings. The van der Waals surface area contributed by atoms with E-state index in [0.29, 0.717) is 0 Å². The zero-order valence-electron chi connectivity index (χ0n) is 10.8. The van der Waals surface area contributed by atoms with Gasteiger partial charge < -0.3 is 9.64 Å². The van der Waals surface area contributed by atoms with Crippen LogP contribution in [-0.4, -0.2) is 36.3 Å². The normalized spacial score (nSPS) is 15.3. The van der Waals surface area contributed by atoms with E-state index in [1.165, 1.54) is 0 Å². The van der Waals surface area contributed by atoms with E-state index in [1.54, 1.807) is 18.1 Å². The van der Waals surface area contributed by atoms with Crippen LogP contribution in [-0.2, 0) is 4.74 Å². The molecule has 0 unspecified atom stereocenters. The highest BCUT2D eigenvalue weighted by Crippen LogP contribution is 2.34. The lowest BCUT2D eigenvalue weighted by atomic mass is 10.4. The second-order valence-corrected chi connectivity index (χ2v) is 5.92. The lowest BCUT2D eigenvalue weighted by Gasteiger charge is -2.28. The number of nitrogens with zero attached hydrogens (tertiary/aromatic N) is 3. The summed E-state index contributed by atoms with van der Waals surface area (Å²) in [6, 6.07) is 7.79. The number of benzene rings is 1. The third kappa shape index (κ3) is 3.23. The molecule has 6 heteroatoms. The van der Waals surface area contributed by atoms with Gasteiger partial charge in [0, 0.05) is 29.2 Å². The predicted molar refractivity (Wildman–Crippen MR) is 80.6 cm³/mol. The molecule has 3 rings (SSSR count). The van der Waals surface area contributed by atoms with Gasteiger partial charge in [0.05, 0.1) is 18.1 Å². The van der Waals surface area contributed by atoms with Crippen LogP contribution in [0.5, 0.6) is 0 Å². The highest BCUT2D eigenvalue weighted by atomic mass is 35.5. The second-order valence-electron chi connectivity index (χ2n) is 4.37. The van der Waals surface area contributed by atoms with Crippen molar-refractivity contribution < 1.29 is 4.74 Å². The topological polar surface area (TPSA) is 38.2 Å². The van der Waals surface area contributed by atoms with Crippen LogP contribution in [0.3, 0.4) is 0 Å². The van der Waals surface area contributed by atoms with E-state index in [4.69, 9.17) is 16.3 Å². The van der Waals surface area contributed by atoms with Crippen molar-refractivity contribution in [2.24, 2.45) is 0 Å². The van der Waals surface area contributed by atoms with E-state index in [2.05, 4.69) is 14.9 Å². The SMILES string of the molecule is Clc1ccc(Sc2cncnc2N2CCOCC2)cc1. The minimum absolute atomic E-state index is 0.743. The van der Waals surface area contributed by atoms with Crippen LogP contribution in [0.1, 0.15) is 0 Å². The molecule has 2 aromatic rings. The van der Waals surface area contributed by atoms with Gasteiger partial charge in [0.2, 0.25) is 0 Å². The van der Waals surface area contributed by atoms with E-state index in [-0.39, 0.29) is 0 Å². The van der Waals surface area contributed by atoms with E-state index in [1.807, 2.05) is 30.5 Å². The first-order valence-electron chi connectivity index (χ1n) is 6.39. The maximum atomic E-state index is 5.91. The number of ether oxygens (including phenoxy) is 1. The zero-order chi connectivity index (χ0) is 13.8. The van der Waals surface area contributed by atoms with Crippen molar-refractivity contribution in [3.05, 3.63) is 41.8 Å².